The predicted octanol–water partition coefficient (Wildman–Crippen LogP) is 0.0974. The van der Waals surface area contributed by atoms with Crippen LogP contribution < -0.4 is 10.5 Å². The number of carbonyl (C=O) groups excluding carboxylic acids is 2. The molecule has 7 nitrogen and oxygen atoms in total. The number of carbonyl (C=O) groups is 3. The van der Waals surface area contributed by atoms with Gasteiger partial charge in [-0.1, -0.05) is 0 Å². The van der Waals surface area contributed by atoms with Gasteiger partial charge in [-0.3, -0.25) is 14.4 Å². The van der Waals surface area contributed by atoms with Gasteiger partial charge in [-0.25, -0.2) is 0 Å². The van der Waals surface area contributed by atoms with Gasteiger partial charge in [0.05, 0.1) is 6.61 Å². The third kappa shape index (κ3) is 4.60. The number of nitrogens with two attached hydrogens (primary N) is 1. The van der Waals surface area contributed by atoms with E-state index in [0.717, 1.165) is 4.90 Å². The molecule has 7 heteroatoms. The van der Waals surface area contributed by atoms with Gasteiger partial charge in [0.25, 0.3) is 5.91 Å². The average Bonchev–Trinajstić information content (AvgIpc) is 2.37. The maximum atomic E-state index is 12.1. The van der Waals surface area contributed by atoms with E-state index in [1.54, 1.807) is 12.1 Å². The molecule has 0 fully saturated rings. The monoisotopic (exact) mass is 280 g/mol. The third-order valence-electron chi connectivity index (χ3n) is 2.37. The lowest BCUT2D eigenvalue weighted by Crippen LogP contribution is -2.41. The predicted molar refractivity (Wildman–Crippen MR) is 70.3 cm³/mol. The summed E-state index contributed by atoms with van der Waals surface area (Å²) in [5, 5.41) is 8.74. The second-order valence-electron chi connectivity index (χ2n) is 3.98. The van der Waals surface area contributed by atoms with Gasteiger partial charge in [-0.05, 0) is 31.2 Å². The van der Waals surface area contributed by atoms with E-state index in [4.69, 9.17) is 15.6 Å². The van der Waals surface area contributed by atoms with E-state index >= 15 is 0 Å². The highest BCUT2D eigenvalue weighted by Gasteiger charge is 2.20. The lowest BCUT2D eigenvalue weighted by atomic mass is 10.2. The van der Waals surface area contributed by atoms with Crippen LogP contribution in [0.4, 0.5) is 0 Å². The number of carboxylic acids is 1. The Morgan fingerprint density at radius 2 is 1.80 bits per heavy atom. The Kier molecular flexibility index (Phi) is 5.52. The molecule has 0 saturated carbocycles. The summed E-state index contributed by atoms with van der Waals surface area (Å²) < 4.78 is 5.24. The van der Waals surface area contributed by atoms with Crippen molar-refractivity contribution in [1.29, 1.82) is 0 Å². The topological polar surface area (TPSA) is 110 Å². The van der Waals surface area contributed by atoms with Gasteiger partial charge in [0.1, 0.15) is 18.8 Å². The number of primary amides is 1. The fourth-order valence-corrected chi connectivity index (χ4v) is 1.59. The zero-order valence-electron chi connectivity index (χ0n) is 11.0. The van der Waals surface area contributed by atoms with Gasteiger partial charge >= 0.3 is 5.97 Å². The van der Waals surface area contributed by atoms with Gasteiger partial charge < -0.3 is 20.5 Å². The fraction of sp³-hybridized carbons (Fsp3) is 0.308. The molecular weight excluding hydrogens is 264 g/mol. The van der Waals surface area contributed by atoms with E-state index < -0.39 is 30.9 Å². The molecule has 0 aliphatic rings. The highest BCUT2D eigenvalue weighted by Crippen LogP contribution is 2.13. The van der Waals surface area contributed by atoms with Crippen molar-refractivity contribution in [3.63, 3.8) is 0 Å². The molecule has 0 unspecified atom stereocenters. The Labute approximate surface area is 115 Å². The number of hydrogen-bond acceptors (Lipinski definition) is 4. The first-order chi connectivity index (χ1) is 9.43. The number of rotatable bonds is 7. The summed E-state index contributed by atoms with van der Waals surface area (Å²) in [4.78, 5) is 34.6. The van der Waals surface area contributed by atoms with Crippen molar-refractivity contribution in [2.45, 2.75) is 6.92 Å². The van der Waals surface area contributed by atoms with Gasteiger partial charge in [-0.15, -0.1) is 0 Å². The maximum Gasteiger partial charge on any atom is 0.323 e. The highest BCUT2D eigenvalue weighted by molar-refractivity contribution is 5.98. The van der Waals surface area contributed by atoms with E-state index in [9.17, 15) is 14.4 Å². The minimum Gasteiger partial charge on any atom is -0.494 e. The summed E-state index contributed by atoms with van der Waals surface area (Å²) in [6, 6.07) is 6.20. The number of ether oxygens (including phenoxy) is 1. The van der Waals surface area contributed by atoms with Crippen LogP contribution in [0.2, 0.25) is 0 Å². The zero-order chi connectivity index (χ0) is 15.1. The molecule has 0 aromatic heterocycles. The maximum absolute atomic E-state index is 12.1. The van der Waals surface area contributed by atoms with Crippen LogP contribution >= 0.6 is 0 Å². The summed E-state index contributed by atoms with van der Waals surface area (Å²) in [7, 11) is 0. The van der Waals surface area contributed by atoms with Crippen molar-refractivity contribution in [2.24, 2.45) is 5.73 Å². The van der Waals surface area contributed by atoms with E-state index in [2.05, 4.69) is 0 Å². The first kappa shape index (κ1) is 15.5. The molecule has 0 radical (unpaired) electrons. The number of nitrogens with zero attached hydrogens (tertiary/aromatic N) is 1. The highest BCUT2D eigenvalue weighted by atomic mass is 16.5. The largest absolute Gasteiger partial charge is 0.494 e. The van der Waals surface area contributed by atoms with Gasteiger partial charge in [0.2, 0.25) is 5.91 Å². The van der Waals surface area contributed by atoms with Crippen LogP contribution in [0.1, 0.15) is 17.3 Å². The van der Waals surface area contributed by atoms with E-state index in [1.807, 2.05) is 6.92 Å². The van der Waals surface area contributed by atoms with Crippen molar-refractivity contribution in [3.8, 4) is 5.75 Å². The van der Waals surface area contributed by atoms with Gasteiger partial charge in [0.15, 0.2) is 0 Å². The summed E-state index contributed by atoms with van der Waals surface area (Å²) >= 11 is 0. The summed E-state index contributed by atoms with van der Waals surface area (Å²) in [6.07, 6.45) is 0. The van der Waals surface area contributed by atoms with Crippen LogP contribution in [0.5, 0.6) is 5.75 Å². The van der Waals surface area contributed by atoms with Crippen LogP contribution in [0.15, 0.2) is 24.3 Å². The van der Waals surface area contributed by atoms with Crippen molar-refractivity contribution in [1.82, 2.24) is 4.90 Å². The number of amides is 2. The molecule has 0 bridgehead atoms. The Morgan fingerprint density at radius 1 is 1.20 bits per heavy atom. The van der Waals surface area contributed by atoms with Gasteiger partial charge in [0, 0.05) is 5.56 Å². The van der Waals surface area contributed by atoms with Crippen molar-refractivity contribution < 1.29 is 24.2 Å². The molecule has 0 aliphatic carbocycles. The van der Waals surface area contributed by atoms with E-state index in [0.29, 0.717) is 12.4 Å². The summed E-state index contributed by atoms with van der Waals surface area (Å²) in [5.74, 6) is -1.96. The molecule has 1 rings (SSSR count). The molecule has 1 aromatic rings. The Hall–Kier alpha value is -2.57. The molecule has 2 amide bonds. The van der Waals surface area contributed by atoms with E-state index in [1.165, 1.54) is 12.1 Å². The molecule has 1 aromatic carbocycles. The lowest BCUT2D eigenvalue weighted by molar-refractivity contribution is -0.138. The SMILES string of the molecule is CCOc1ccc(C(=O)N(CC(N)=O)CC(=O)O)cc1. The standard InChI is InChI=1S/C13H16N2O5/c1-2-20-10-5-3-9(4-6-10)13(19)15(7-11(14)16)8-12(17)18/h3-6H,2,7-8H2,1H3,(H2,14,16)(H,17,18). The van der Waals surface area contributed by atoms with Gasteiger partial charge in [-0.2, -0.15) is 0 Å². The molecule has 0 saturated heterocycles. The smallest absolute Gasteiger partial charge is 0.323 e. The van der Waals surface area contributed by atoms with E-state index in [-0.39, 0.29) is 5.56 Å². The fourth-order valence-electron chi connectivity index (χ4n) is 1.59. The zero-order valence-corrected chi connectivity index (χ0v) is 11.0. The second kappa shape index (κ2) is 7.13. The first-order valence-corrected chi connectivity index (χ1v) is 5.96. The Balaban J connectivity index is 2.87. The summed E-state index contributed by atoms with van der Waals surface area (Å²) in [5.41, 5.74) is 5.26. The minimum atomic E-state index is -1.22. The molecule has 0 heterocycles. The molecule has 20 heavy (non-hydrogen) atoms. The molecule has 0 spiro atoms. The number of aliphatic carboxylic acids is 1. The molecular formula is C13H16N2O5. The van der Waals surface area contributed by atoms with Crippen molar-refractivity contribution >= 4 is 17.8 Å². The van der Waals surface area contributed by atoms with Crippen LogP contribution in [0.3, 0.4) is 0 Å². The van der Waals surface area contributed by atoms with Crippen molar-refractivity contribution in [2.75, 3.05) is 19.7 Å². The number of benzene rings is 1. The minimum absolute atomic E-state index is 0.260. The summed E-state index contributed by atoms with van der Waals surface area (Å²) in [6.45, 7) is 1.30. The molecule has 108 valence electrons. The first-order valence-electron chi connectivity index (χ1n) is 5.96. The third-order valence-corrected chi connectivity index (χ3v) is 2.37. The average molecular weight is 280 g/mol. The van der Waals surface area contributed by atoms with Crippen molar-refractivity contribution in [3.05, 3.63) is 29.8 Å². The normalized spacial score (nSPS) is 9.85. The van der Waals surface area contributed by atoms with Crippen LogP contribution in [0.25, 0.3) is 0 Å². The van der Waals surface area contributed by atoms with Crippen LogP contribution in [-0.2, 0) is 9.59 Å². The van der Waals surface area contributed by atoms with Crippen LogP contribution in [-0.4, -0.2) is 47.5 Å². The Bertz CT molecular complexity index is 482. The molecule has 0 aliphatic heterocycles. The number of carboxylic acid groups (broad SMARTS) is 1. The lowest BCUT2D eigenvalue weighted by Gasteiger charge is -2.19. The Morgan fingerprint density at radius 3 is 2.25 bits per heavy atom. The number of hydrogen-bond donors (Lipinski definition) is 2. The second-order valence-corrected chi connectivity index (χ2v) is 3.98. The molecule has 3 N–H and O–H groups in total. The molecule has 0 atom stereocenters. The quantitative estimate of drug-likeness (QED) is 0.736. The van der Waals surface area contributed by atoms with Crippen LogP contribution in [0, 0.1) is 0 Å².